The van der Waals surface area contributed by atoms with Gasteiger partial charge in [-0.05, 0) is 61.1 Å². The third-order valence-corrected chi connectivity index (χ3v) is 5.00. The number of para-hydroxylation sites is 1. The van der Waals surface area contributed by atoms with E-state index in [4.69, 9.17) is 21.4 Å². The maximum Gasteiger partial charge on any atom is 0.261 e. The molecule has 0 saturated carbocycles. The van der Waals surface area contributed by atoms with Crippen molar-refractivity contribution in [1.29, 1.82) is 0 Å². The Morgan fingerprint density at radius 3 is 2.62 bits per heavy atom. The van der Waals surface area contributed by atoms with Crippen LogP contribution in [0.25, 0.3) is 0 Å². The van der Waals surface area contributed by atoms with E-state index in [1.165, 1.54) is 0 Å². The van der Waals surface area contributed by atoms with Gasteiger partial charge >= 0.3 is 0 Å². The molecule has 1 heterocycles. The van der Waals surface area contributed by atoms with Gasteiger partial charge in [-0.3, -0.25) is 14.9 Å². The second kappa shape index (κ2) is 11.4. The number of halogens is 1. The number of anilines is 1. The number of amides is 2. The lowest BCUT2D eigenvalue weighted by Crippen LogP contribution is -2.35. The van der Waals surface area contributed by atoms with E-state index in [0.717, 1.165) is 10.9 Å². The molecular weight excluding hydrogens is 494 g/mol. The van der Waals surface area contributed by atoms with Gasteiger partial charge in [0, 0.05) is 4.47 Å². The summed E-state index contributed by atoms with van der Waals surface area (Å²) in [6.45, 7) is 2.73. The summed E-state index contributed by atoms with van der Waals surface area (Å²) in [5.41, 5.74) is 1.19. The predicted octanol–water partition coefficient (Wildman–Crippen LogP) is 4.89. The van der Waals surface area contributed by atoms with Crippen molar-refractivity contribution in [2.24, 2.45) is 0 Å². The topological polar surface area (TPSA) is 92.6 Å². The standard InChI is InChI=1S/C23H22BrN3O4S/c1-2-11-31-20-10-9-15(24)13-18(20)22(29)27-23(32)26-19-8-4-3-7-17(19)21(28)25-14-16-6-5-12-30-16/h3-10,12-13H,2,11,14H2,1H3,(H,25,28)(H2,26,27,29,32). The summed E-state index contributed by atoms with van der Waals surface area (Å²) < 4.78 is 11.6. The van der Waals surface area contributed by atoms with Gasteiger partial charge in [-0.1, -0.05) is 35.0 Å². The zero-order valence-electron chi connectivity index (χ0n) is 17.3. The lowest BCUT2D eigenvalue weighted by atomic mass is 10.1. The zero-order valence-corrected chi connectivity index (χ0v) is 19.7. The van der Waals surface area contributed by atoms with Gasteiger partial charge in [-0.25, -0.2) is 0 Å². The van der Waals surface area contributed by atoms with Crippen LogP contribution in [-0.2, 0) is 6.54 Å². The van der Waals surface area contributed by atoms with E-state index < -0.39 is 5.91 Å². The first-order valence-electron chi connectivity index (χ1n) is 9.92. The van der Waals surface area contributed by atoms with Crippen molar-refractivity contribution in [3.05, 3.63) is 82.2 Å². The van der Waals surface area contributed by atoms with Crippen LogP contribution in [0.2, 0.25) is 0 Å². The molecule has 0 radical (unpaired) electrons. The van der Waals surface area contributed by atoms with Gasteiger partial charge in [0.1, 0.15) is 11.5 Å². The van der Waals surface area contributed by atoms with Crippen LogP contribution in [0.15, 0.2) is 69.8 Å². The molecule has 0 spiro atoms. The Balaban J connectivity index is 1.67. The summed E-state index contributed by atoms with van der Waals surface area (Å²) >= 11 is 8.68. The van der Waals surface area contributed by atoms with E-state index in [1.54, 1.807) is 60.9 Å². The molecule has 166 valence electrons. The molecule has 2 aromatic carbocycles. The summed E-state index contributed by atoms with van der Waals surface area (Å²) in [7, 11) is 0. The van der Waals surface area contributed by atoms with Gasteiger partial charge in [0.05, 0.1) is 36.2 Å². The molecule has 0 saturated heterocycles. The van der Waals surface area contributed by atoms with Gasteiger partial charge in [0.2, 0.25) is 0 Å². The molecule has 2 amide bonds. The van der Waals surface area contributed by atoms with E-state index in [2.05, 4.69) is 31.9 Å². The van der Waals surface area contributed by atoms with Crippen LogP contribution in [0.1, 0.15) is 39.8 Å². The number of hydrogen-bond donors (Lipinski definition) is 3. The van der Waals surface area contributed by atoms with Crippen molar-refractivity contribution in [2.75, 3.05) is 11.9 Å². The Bertz CT molecular complexity index is 1100. The first-order chi connectivity index (χ1) is 15.5. The average molecular weight is 516 g/mol. The van der Waals surface area contributed by atoms with Crippen molar-refractivity contribution >= 4 is 50.8 Å². The molecule has 0 aliphatic rings. The molecule has 0 unspecified atom stereocenters. The Morgan fingerprint density at radius 1 is 1.06 bits per heavy atom. The fraction of sp³-hybridized carbons (Fsp3) is 0.174. The molecule has 3 N–H and O–H groups in total. The van der Waals surface area contributed by atoms with Crippen LogP contribution in [-0.4, -0.2) is 23.5 Å². The molecule has 1 aromatic heterocycles. The second-order valence-corrected chi connectivity index (χ2v) is 8.03. The Morgan fingerprint density at radius 2 is 1.88 bits per heavy atom. The summed E-state index contributed by atoms with van der Waals surface area (Å²) in [5, 5.41) is 8.42. The van der Waals surface area contributed by atoms with Crippen molar-refractivity contribution in [3.63, 3.8) is 0 Å². The van der Waals surface area contributed by atoms with Crippen LogP contribution < -0.4 is 20.7 Å². The molecular formula is C23H22BrN3O4S. The maximum absolute atomic E-state index is 12.8. The van der Waals surface area contributed by atoms with Crippen LogP contribution in [0.4, 0.5) is 5.69 Å². The summed E-state index contributed by atoms with van der Waals surface area (Å²) in [5.74, 6) is 0.380. The molecule has 9 heteroatoms. The lowest BCUT2D eigenvalue weighted by molar-refractivity contribution is 0.0947. The number of hydrogen-bond acceptors (Lipinski definition) is 5. The highest BCUT2D eigenvalue weighted by atomic mass is 79.9. The molecule has 0 bridgehead atoms. The summed E-state index contributed by atoms with van der Waals surface area (Å²) in [4.78, 5) is 25.4. The second-order valence-electron chi connectivity index (χ2n) is 6.70. The number of thiocarbonyl (C=S) groups is 1. The summed E-state index contributed by atoms with van der Waals surface area (Å²) in [6, 6.07) is 15.6. The molecule has 0 atom stereocenters. The maximum atomic E-state index is 12.8. The number of ether oxygens (including phenoxy) is 1. The lowest BCUT2D eigenvalue weighted by Gasteiger charge is -2.15. The number of benzene rings is 2. The van der Waals surface area contributed by atoms with Crippen molar-refractivity contribution < 1.29 is 18.7 Å². The summed E-state index contributed by atoms with van der Waals surface area (Å²) in [6.07, 6.45) is 2.36. The number of nitrogens with one attached hydrogen (secondary N) is 3. The highest BCUT2D eigenvalue weighted by molar-refractivity contribution is 9.10. The van der Waals surface area contributed by atoms with Gasteiger partial charge < -0.3 is 19.8 Å². The fourth-order valence-electron chi connectivity index (χ4n) is 2.81. The minimum atomic E-state index is -0.422. The van der Waals surface area contributed by atoms with Gasteiger partial charge in [-0.2, -0.15) is 0 Å². The van der Waals surface area contributed by atoms with E-state index in [0.29, 0.717) is 34.9 Å². The SMILES string of the molecule is CCCOc1ccc(Br)cc1C(=O)NC(=S)Nc1ccccc1C(=O)NCc1ccco1. The highest BCUT2D eigenvalue weighted by Gasteiger charge is 2.17. The van der Waals surface area contributed by atoms with Gasteiger partial charge in [-0.15, -0.1) is 0 Å². The smallest absolute Gasteiger partial charge is 0.261 e. The van der Waals surface area contributed by atoms with Crippen LogP contribution in [0.5, 0.6) is 5.75 Å². The number of rotatable bonds is 8. The largest absolute Gasteiger partial charge is 0.493 e. The zero-order chi connectivity index (χ0) is 22.9. The minimum Gasteiger partial charge on any atom is -0.493 e. The molecule has 7 nitrogen and oxygen atoms in total. The minimum absolute atomic E-state index is 0.0581. The molecule has 3 rings (SSSR count). The van der Waals surface area contributed by atoms with Crippen molar-refractivity contribution in [1.82, 2.24) is 10.6 Å². The fourth-order valence-corrected chi connectivity index (χ4v) is 3.37. The molecule has 0 aliphatic carbocycles. The first-order valence-corrected chi connectivity index (χ1v) is 11.1. The van der Waals surface area contributed by atoms with E-state index >= 15 is 0 Å². The number of carbonyl (C=O) groups excluding carboxylic acids is 2. The Labute approximate surface area is 199 Å². The van der Waals surface area contributed by atoms with Crippen molar-refractivity contribution in [2.45, 2.75) is 19.9 Å². The van der Waals surface area contributed by atoms with Crippen LogP contribution in [0, 0.1) is 0 Å². The Kier molecular flexibility index (Phi) is 8.41. The molecule has 0 fully saturated rings. The predicted molar refractivity (Wildman–Crippen MR) is 130 cm³/mol. The quantitative estimate of drug-likeness (QED) is 0.370. The van der Waals surface area contributed by atoms with E-state index in [-0.39, 0.29) is 17.6 Å². The van der Waals surface area contributed by atoms with Gasteiger partial charge in [0.25, 0.3) is 11.8 Å². The van der Waals surface area contributed by atoms with Crippen molar-refractivity contribution in [3.8, 4) is 5.75 Å². The normalized spacial score (nSPS) is 10.3. The molecule has 32 heavy (non-hydrogen) atoms. The van der Waals surface area contributed by atoms with Gasteiger partial charge in [0.15, 0.2) is 5.11 Å². The van der Waals surface area contributed by atoms with Crippen LogP contribution >= 0.6 is 28.1 Å². The number of carbonyl (C=O) groups is 2. The third kappa shape index (κ3) is 6.41. The Hall–Kier alpha value is -3.17. The van der Waals surface area contributed by atoms with Crippen LogP contribution in [0.3, 0.4) is 0 Å². The monoisotopic (exact) mass is 515 g/mol. The first kappa shape index (κ1) is 23.5. The van der Waals surface area contributed by atoms with E-state index in [9.17, 15) is 9.59 Å². The van der Waals surface area contributed by atoms with E-state index in [1.807, 2.05) is 6.92 Å². The third-order valence-electron chi connectivity index (χ3n) is 4.30. The average Bonchev–Trinajstić information content (AvgIpc) is 3.30. The molecule has 0 aliphatic heterocycles. The number of furan rings is 1. The highest BCUT2D eigenvalue weighted by Crippen LogP contribution is 2.23. The molecule has 3 aromatic rings.